The maximum atomic E-state index is 12.4. The zero-order valence-corrected chi connectivity index (χ0v) is 22.9. The van der Waals surface area contributed by atoms with Crippen LogP contribution in [0.25, 0.3) is 11.4 Å². The van der Waals surface area contributed by atoms with Crippen molar-refractivity contribution in [3.63, 3.8) is 0 Å². The number of rotatable bonds is 17. The molecule has 0 spiro atoms. The monoisotopic (exact) mass is 512 g/mol. The van der Waals surface area contributed by atoms with Crippen molar-refractivity contribution in [2.45, 2.75) is 108 Å². The van der Waals surface area contributed by atoms with Crippen LogP contribution in [0.4, 0.5) is 0 Å². The van der Waals surface area contributed by atoms with Crippen molar-refractivity contribution in [1.29, 1.82) is 0 Å². The number of unbranched alkanes of at least 4 members (excludes halogenated alkanes) is 7. The van der Waals surface area contributed by atoms with Gasteiger partial charge in [0.25, 0.3) is 0 Å². The number of benzene rings is 1. The van der Waals surface area contributed by atoms with Crippen LogP contribution in [0.2, 0.25) is 0 Å². The minimum atomic E-state index is 0.0691. The second kappa shape index (κ2) is 16.5. The summed E-state index contributed by atoms with van der Waals surface area (Å²) >= 11 is 1.43. The van der Waals surface area contributed by atoms with Crippen LogP contribution in [0.1, 0.15) is 90.4 Å². The molecule has 1 aliphatic carbocycles. The van der Waals surface area contributed by atoms with E-state index in [2.05, 4.69) is 29.0 Å². The molecule has 1 aliphatic rings. The normalized spacial score (nSPS) is 14.0. The number of aromatic nitrogens is 3. The molecule has 36 heavy (non-hydrogen) atoms. The van der Waals surface area contributed by atoms with Crippen LogP contribution in [0.5, 0.6) is 5.75 Å². The number of nitrogens with zero attached hydrogens (tertiary/aromatic N) is 3. The van der Waals surface area contributed by atoms with E-state index in [0.29, 0.717) is 18.3 Å². The molecule has 1 aromatic carbocycles. The first-order valence-corrected chi connectivity index (χ1v) is 14.9. The highest BCUT2D eigenvalue weighted by atomic mass is 32.2. The summed E-state index contributed by atoms with van der Waals surface area (Å²) < 4.78 is 7.96. The molecule has 198 valence electrons. The lowest BCUT2D eigenvalue weighted by Crippen LogP contribution is -2.37. The summed E-state index contributed by atoms with van der Waals surface area (Å²) in [6.45, 7) is 7.49. The maximum Gasteiger partial charge on any atom is 0.230 e. The van der Waals surface area contributed by atoms with Gasteiger partial charge in [0.1, 0.15) is 5.75 Å². The highest BCUT2D eigenvalue weighted by Gasteiger charge is 2.18. The lowest BCUT2D eigenvalue weighted by Gasteiger charge is -2.22. The first-order chi connectivity index (χ1) is 17.7. The Kier molecular flexibility index (Phi) is 12.9. The van der Waals surface area contributed by atoms with Crippen LogP contribution in [0.3, 0.4) is 0 Å². The standard InChI is InChI=1S/C29H44N4O2S/c1-3-5-6-7-8-9-10-14-22-35-26-19-17-24(18-20-26)28-31-32-29(33(28)21-4-2)36-23-27(34)30-25-15-12-11-13-16-25/h4,17-20,25H,2-3,5-16,21-23H2,1H3,(H,30,34). The quantitative estimate of drug-likeness (QED) is 0.138. The van der Waals surface area contributed by atoms with Gasteiger partial charge in [-0.05, 0) is 43.5 Å². The predicted molar refractivity (Wildman–Crippen MR) is 149 cm³/mol. The fourth-order valence-electron chi connectivity index (χ4n) is 4.68. The average molecular weight is 513 g/mol. The second-order valence-electron chi connectivity index (χ2n) is 9.74. The highest BCUT2D eigenvalue weighted by Crippen LogP contribution is 2.26. The van der Waals surface area contributed by atoms with Crippen LogP contribution >= 0.6 is 11.8 Å². The van der Waals surface area contributed by atoms with Gasteiger partial charge < -0.3 is 10.1 Å². The summed E-state index contributed by atoms with van der Waals surface area (Å²) in [5, 5.41) is 12.7. The van der Waals surface area contributed by atoms with E-state index in [0.717, 1.165) is 48.2 Å². The summed E-state index contributed by atoms with van der Waals surface area (Å²) in [6, 6.07) is 8.37. The van der Waals surface area contributed by atoms with Gasteiger partial charge in [0.2, 0.25) is 5.91 Å². The number of carbonyl (C=O) groups excluding carboxylic acids is 1. The number of nitrogens with one attached hydrogen (secondary N) is 1. The fraction of sp³-hybridized carbons (Fsp3) is 0.621. The van der Waals surface area contributed by atoms with Gasteiger partial charge in [-0.3, -0.25) is 9.36 Å². The van der Waals surface area contributed by atoms with Gasteiger partial charge in [-0.2, -0.15) is 0 Å². The summed E-state index contributed by atoms with van der Waals surface area (Å²) in [5.74, 6) is 2.07. The Morgan fingerprint density at radius 3 is 2.44 bits per heavy atom. The molecule has 1 aromatic heterocycles. The van der Waals surface area contributed by atoms with Crippen molar-refractivity contribution in [3.8, 4) is 17.1 Å². The number of thioether (sulfide) groups is 1. The third-order valence-electron chi connectivity index (χ3n) is 6.71. The number of ether oxygens (including phenoxy) is 1. The molecule has 1 amide bonds. The zero-order valence-electron chi connectivity index (χ0n) is 22.1. The molecule has 0 atom stereocenters. The first-order valence-electron chi connectivity index (χ1n) is 13.9. The van der Waals surface area contributed by atoms with Crippen molar-refractivity contribution < 1.29 is 9.53 Å². The van der Waals surface area contributed by atoms with Gasteiger partial charge in [0, 0.05) is 18.2 Å². The van der Waals surface area contributed by atoms with Crippen LogP contribution in [0.15, 0.2) is 42.1 Å². The largest absolute Gasteiger partial charge is 0.494 e. The Balaban J connectivity index is 1.45. The highest BCUT2D eigenvalue weighted by molar-refractivity contribution is 7.99. The molecule has 3 rings (SSSR count). The molecule has 1 fully saturated rings. The Morgan fingerprint density at radius 2 is 1.75 bits per heavy atom. The van der Waals surface area contributed by atoms with Gasteiger partial charge in [0.05, 0.1) is 12.4 Å². The Bertz CT molecular complexity index is 906. The third-order valence-corrected chi connectivity index (χ3v) is 7.68. The molecule has 7 heteroatoms. The molecule has 0 radical (unpaired) electrons. The van der Waals surface area contributed by atoms with E-state index in [-0.39, 0.29) is 5.91 Å². The minimum absolute atomic E-state index is 0.0691. The lowest BCUT2D eigenvalue weighted by atomic mass is 9.95. The lowest BCUT2D eigenvalue weighted by molar-refractivity contribution is -0.119. The van der Waals surface area contributed by atoms with E-state index >= 15 is 0 Å². The van der Waals surface area contributed by atoms with Gasteiger partial charge >= 0.3 is 0 Å². The number of hydrogen-bond donors (Lipinski definition) is 1. The average Bonchev–Trinajstić information content (AvgIpc) is 3.30. The maximum absolute atomic E-state index is 12.4. The third kappa shape index (κ3) is 9.64. The van der Waals surface area contributed by atoms with Crippen molar-refractivity contribution in [2.24, 2.45) is 0 Å². The Labute approximate surface area is 221 Å². The topological polar surface area (TPSA) is 69.0 Å². The van der Waals surface area contributed by atoms with Gasteiger partial charge in [0.15, 0.2) is 11.0 Å². The SMILES string of the molecule is C=CCn1c(SCC(=O)NC2CCCCC2)nnc1-c1ccc(OCCCCCCCCCC)cc1. The van der Waals surface area contributed by atoms with E-state index < -0.39 is 0 Å². The zero-order chi connectivity index (χ0) is 25.4. The molecule has 2 aromatic rings. The van der Waals surface area contributed by atoms with Crippen LogP contribution in [-0.4, -0.2) is 39.1 Å². The van der Waals surface area contributed by atoms with E-state index in [1.54, 1.807) is 0 Å². The van der Waals surface area contributed by atoms with Crippen LogP contribution in [-0.2, 0) is 11.3 Å². The van der Waals surface area contributed by atoms with Gasteiger partial charge in [-0.25, -0.2) is 0 Å². The van der Waals surface area contributed by atoms with Crippen LogP contribution in [0, 0.1) is 0 Å². The second-order valence-corrected chi connectivity index (χ2v) is 10.7. The van der Waals surface area contributed by atoms with Gasteiger partial charge in [-0.1, -0.05) is 89.0 Å². The van der Waals surface area contributed by atoms with Crippen molar-refractivity contribution in [2.75, 3.05) is 12.4 Å². The minimum Gasteiger partial charge on any atom is -0.494 e. The smallest absolute Gasteiger partial charge is 0.230 e. The van der Waals surface area contributed by atoms with E-state index in [4.69, 9.17) is 4.74 Å². The van der Waals surface area contributed by atoms with E-state index in [9.17, 15) is 4.79 Å². The Morgan fingerprint density at radius 1 is 1.06 bits per heavy atom. The van der Waals surface area contributed by atoms with E-state index in [1.165, 1.54) is 76.0 Å². The van der Waals surface area contributed by atoms with E-state index in [1.807, 2.05) is 34.9 Å². The fourth-order valence-corrected chi connectivity index (χ4v) is 5.43. The molecule has 0 saturated heterocycles. The Hall–Kier alpha value is -2.28. The van der Waals surface area contributed by atoms with Crippen molar-refractivity contribution in [1.82, 2.24) is 20.1 Å². The first kappa shape index (κ1) is 28.3. The summed E-state index contributed by atoms with van der Waals surface area (Å²) in [4.78, 5) is 12.4. The molecule has 0 aliphatic heterocycles. The number of carbonyl (C=O) groups is 1. The number of amides is 1. The molecular formula is C29H44N4O2S. The number of allylic oxidation sites excluding steroid dienone is 1. The molecule has 0 unspecified atom stereocenters. The molecule has 1 heterocycles. The molecule has 0 bridgehead atoms. The number of hydrogen-bond acceptors (Lipinski definition) is 5. The summed E-state index contributed by atoms with van der Waals surface area (Å²) in [7, 11) is 0. The molecular weight excluding hydrogens is 468 g/mol. The molecule has 6 nitrogen and oxygen atoms in total. The molecule has 1 saturated carbocycles. The predicted octanol–water partition coefficient (Wildman–Crippen LogP) is 7.19. The van der Waals surface area contributed by atoms with Crippen LogP contribution < -0.4 is 10.1 Å². The van der Waals surface area contributed by atoms with Crippen molar-refractivity contribution >= 4 is 17.7 Å². The van der Waals surface area contributed by atoms with Crippen molar-refractivity contribution in [3.05, 3.63) is 36.9 Å². The summed E-state index contributed by atoms with van der Waals surface area (Å²) in [5.41, 5.74) is 0.974. The molecule has 1 N–H and O–H groups in total. The van der Waals surface area contributed by atoms with Gasteiger partial charge in [-0.15, -0.1) is 16.8 Å². The summed E-state index contributed by atoms with van der Waals surface area (Å²) in [6.07, 6.45) is 18.1.